The number of rotatable bonds is 11. The van der Waals surface area contributed by atoms with E-state index < -0.39 is 91.9 Å². The third-order valence-electron chi connectivity index (χ3n) is 7.55. The first-order chi connectivity index (χ1) is 19.1. The van der Waals surface area contributed by atoms with Gasteiger partial charge >= 0.3 is 0 Å². The molecule has 0 aromatic carbocycles. The van der Waals surface area contributed by atoms with Gasteiger partial charge in [0.2, 0.25) is 5.91 Å². The fraction of sp³-hybridized carbons (Fsp3) is 0.955. The first-order valence-electron chi connectivity index (χ1n) is 13.3. The third-order valence-corrected chi connectivity index (χ3v) is 7.55. The average Bonchev–Trinajstić information content (AvgIpc) is 2.93. The third kappa shape index (κ3) is 7.55. The number of carbonyl (C=O) groups is 1. The fourth-order valence-corrected chi connectivity index (χ4v) is 5.23. The van der Waals surface area contributed by atoms with Gasteiger partial charge in [0.05, 0.1) is 36.9 Å². The number of aliphatic hydroxyl groups excluding tert-OH is 4. The van der Waals surface area contributed by atoms with E-state index in [-0.39, 0.29) is 32.0 Å². The lowest BCUT2D eigenvalue weighted by Gasteiger charge is -2.48. The molecule has 18 nitrogen and oxygen atoms in total. The highest BCUT2D eigenvalue weighted by Crippen LogP contribution is 2.32. The van der Waals surface area contributed by atoms with Crippen molar-refractivity contribution in [2.45, 2.75) is 111 Å². The molecule has 0 bridgehead atoms. The Bertz CT molecular complexity index is 870. The van der Waals surface area contributed by atoms with Crippen molar-refractivity contribution in [1.82, 2.24) is 5.32 Å². The van der Waals surface area contributed by atoms with Gasteiger partial charge in [-0.05, 0) is 37.8 Å². The smallest absolute Gasteiger partial charge is 0.249 e. The molecule has 1 aliphatic carbocycles. The second kappa shape index (κ2) is 14.9. The summed E-state index contributed by atoms with van der Waals surface area (Å²) in [5.41, 5.74) is 38.6. The largest absolute Gasteiger partial charge is 0.394 e. The molecule has 15 N–H and O–H groups in total. The van der Waals surface area contributed by atoms with Crippen LogP contribution in [0.25, 0.3) is 10.4 Å². The zero-order valence-electron chi connectivity index (χ0n) is 22.1. The molecule has 1 amide bonds. The van der Waals surface area contributed by atoms with Gasteiger partial charge in [-0.2, -0.15) is 0 Å². The molecule has 230 valence electrons. The second-order valence-electron chi connectivity index (χ2n) is 10.4. The minimum absolute atomic E-state index is 0.00933. The fourth-order valence-electron chi connectivity index (χ4n) is 5.23. The van der Waals surface area contributed by atoms with E-state index in [0.717, 1.165) is 0 Å². The summed E-state index contributed by atoms with van der Waals surface area (Å²) < 4.78 is 23.5. The predicted octanol–water partition coefficient (Wildman–Crippen LogP) is -5.08. The number of hydrogen-bond acceptors (Lipinski definition) is 15. The maximum absolute atomic E-state index is 12.6. The number of carbonyl (C=O) groups excluding carboxylic acids is 1. The van der Waals surface area contributed by atoms with Crippen LogP contribution >= 0.6 is 0 Å². The molecule has 0 aromatic rings. The van der Waals surface area contributed by atoms with Crippen LogP contribution in [-0.2, 0) is 23.7 Å². The molecule has 2 saturated heterocycles. The summed E-state index contributed by atoms with van der Waals surface area (Å²) in [5.74, 6) is -0.773. The van der Waals surface area contributed by atoms with E-state index in [4.69, 9.17) is 53.1 Å². The van der Waals surface area contributed by atoms with Gasteiger partial charge in [-0.25, -0.2) is 0 Å². The van der Waals surface area contributed by atoms with Gasteiger partial charge in [0.15, 0.2) is 12.6 Å². The van der Waals surface area contributed by atoms with Crippen LogP contribution in [0, 0.1) is 0 Å². The van der Waals surface area contributed by atoms with Gasteiger partial charge < -0.3 is 73.4 Å². The molecule has 2 aliphatic heterocycles. The predicted molar refractivity (Wildman–Crippen MR) is 138 cm³/mol. The van der Waals surface area contributed by atoms with Gasteiger partial charge in [0, 0.05) is 23.5 Å². The van der Waals surface area contributed by atoms with Crippen molar-refractivity contribution in [3.63, 3.8) is 0 Å². The molecule has 3 rings (SSSR count). The van der Waals surface area contributed by atoms with Crippen molar-refractivity contribution >= 4 is 5.91 Å². The minimum atomic E-state index is -1.56. The van der Waals surface area contributed by atoms with Gasteiger partial charge in [-0.15, -0.1) is 0 Å². The maximum Gasteiger partial charge on any atom is 0.249 e. The molecule has 14 atom stereocenters. The zero-order chi connectivity index (χ0) is 29.6. The summed E-state index contributed by atoms with van der Waals surface area (Å²) >= 11 is 0. The SMILES string of the molecule is [N-]=[N+]=N[C@@H]1[C@H](N)[C@@H](O)[C@@H](O[C@@H]2[C@@H](O)[C@H](O[C@H]3O[C@H](CN)CC[C@H]3N)[C@@H](N)C[C@H]2NC(=O)[C@@H](O)CCN)O[C@@H]1CO. The molecule has 3 fully saturated rings. The van der Waals surface area contributed by atoms with Gasteiger partial charge in [0.1, 0.15) is 30.5 Å². The highest BCUT2D eigenvalue weighted by atomic mass is 16.7. The number of hydrogen-bond donors (Lipinski definition) is 10. The van der Waals surface area contributed by atoms with E-state index >= 15 is 0 Å². The van der Waals surface area contributed by atoms with Crippen LogP contribution in [0.15, 0.2) is 5.11 Å². The second-order valence-corrected chi connectivity index (χ2v) is 10.4. The number of nitrogens with two attached hydrogens (primary N) is 5. The topological polar surface area (TPSA) is 326 Å². The summed E-state index contributed by atoms with van der Waals surface area (Å²) in [4.78, 5) is 15.3. The van der Waals surface area contributed by atoms with Gasteiger partial charge in [-0.1, -0.05) is 5.11 Å². The van der Waals surface area contributed by atoms with Gasteiger partial charge in [-0.3, -0.25) is 4.79 Å². The number of aliphatic hydroxyl groups is 4. The highest BCUT2D eigenvalue weighted by Gasteiger charge is 2.51. The van der Waals surface area contributed by atoms with Crippen molar-refractivity contribution in [2.24, 2.45) is 33.8 Å². The zero-order valence-corrected chi connectivity index (χ0v) is 22.1. The maximum atomic E-state index is 12.6. The molecule has 1 saturated carbocycles. The monoisotopic (exact) mass is 577 g/mol. The number of nitrogens with one attached hydrogen (secondary N) is 1. The molecule has 0 unspecified atom stereocenters. The van der Waals surface area contributed by atoms with E-state index in [9.17, 15) is 25.2 Å². The summed E-state index contributed by atoms with van der Waals surface area (Å²) in [7, 11) is 0. The first kappa shape index (κ1) is 32.8. The molecule has 3 aliphatic rings. The van der Waals surface area contributed by atoms with E-state index in [1.807, 2.05) is 0 Å². The molecule has 0 aromatic heterocycles. The molecule has 2 heterocycles. The van der Waals surface area contributed by atoms with Crippen LogP contribution in [0.1, 0.15) is 25.7 Å². The van der Waals surface area contributed by atoms with Crippen LogP contribution in [0.3, 0.4) is 0 Å². The van der Waals surface area contributed by atoms with Crippen LogP contribution in [-0.4, -0.2) is 132 Å². The highest BCUT2D eigenvalue weighted by molar-refractivity contribution is 5.80. The van der Waals surface area contributed by atoms with Crippen molar-refractivity contribution < 1.29 is 44.2 Å². The van der Waals surface area contributed by atoms with Crippen LogP contribution in [0.5, 0.6) is 0 Å². The standard InChI is InChI=1S/C22H43N9O9/c23-4-3-12(33)20(36)29-11-5-10(26)18(39-21-9(25)2-1-8(6-24)37-21)17(35)19(11)40-22-16(34)14(27)15(30-31-28)13(7-32)38-22/h8-19,21-22,32-35H,1-7,23-27H2,(H,29,36)/t8-,9+,10-,11+,12-,13+,14-,15-,16+,17-,18+,19-,21+,22+/m0/s1. The molecule has 40 heavy (non-hydrogen) atoms. The van der Waals surface area contributed by atoms with Crippen LogP contribution in [0.2, 0.25) is 0 Å². The Balaban J connectivity index is 1.84. The van der Waals surface area contributed by atoms with Crippen molar-refractivity contribution in [3.8, 4) is 0 Å². The van der Waals surface area contributed by atoms with Crippen molar-refractivity contribution in [1.29, 1.82) is 0 Å². The summed E-state index contributed by atoms with van der Waals surface area (Å²) in [6, 6.07) is -4.65. The van der Waals surface area contributed by atoms with E-state index in [0.29, 0.717) is 12.8 Å². The average molecular weight is 578 g/mol. The Morgan fingerprint density at radius 2 is 1.77 bits per heavy atom. The van der Waals surface area contributed by atoms with E-state index in [1.165, 1.54) is 0 Å². The summed E-state index contributed by atoms with van der Waals surface area (Å²) in [6.07, 6.45) is -9.59. The van der Waals surface area contributed by atoms with Crippen molar-refractivity contribution in [3.05, 3.63) is 10.4 Å². The molecular weight excluding hydrogens is 534 g/mol. The molecular formula is C22H43N9O9. The summed E-state index contributed by atoms with van der Waals surface area (Å²) in [6.45, 7) is -0.313. The number of amides is 1. The Morgan fingerprint density at radius 3 is 2.40 bits per heavy atom. The van der Waals surface area contributed by atoms with Crippen LogP contribution < -0.4 is 34.0 Å². The Labute approximate surface area is 231 Å². The Morgan fingerprint density at radius 1 is 1.07 bits per heavy atom. The first-order valence-corrected chi connectivity index (χ1v) is 13.3. The Kier molecular flexibility index (Phi) is 12.2. The number of azide groups is 1. The lowest BCUT2D eigenvalue weighted by Crippen LogP contribution is -2.69. The van der Waals surface area contributed by atoms with E-state index in [1.54, 1.807) is 0 Å². The van der Waals surface area contributed by atoms with Crippen molar-refractivity contribution in [2.75, 3.05) is 19.7 Å². The van der Waals surface area contributed by atoms with Crippen LogP contribution in [0.4, 0.5) is 0 Å². The minimum Gasteiger partial charge on any atom is -0.394 e. The van der Waals surface area contributed by atoms with E-state index in [2.05, 4.69) is 15.3 Å². The summed E-state index contributed by atoms with van der Waals surface area (Å²) in [5, 5.41) is 48.2. The number of ether oxygens (including phenoxy) is 4. The quantitative estimate of drug-likeness (QED) is 0.0624. The lowest BCUT2D eigenvalue weighted by molar-refractivity contribution is -0.303. The Hall–Kier alpha value is -1.74. The molecule has 18 heteroatoms. The normalized spacial score (nSPS) is 43.0. The molecule has 0 spiro atoms. The lowest BCUT2D eigenvalue weighted by atomic mass is 9.83. The number of nitrogens with zero attached hydrogens (tertiary/aromatic N) is 3. The van der Waals surface area contributed by atoms with Gasteiger partial charge in [0.25, 0.3) is 0 Å². The molecule has 0 radical (unpaired) electrons.